The van der Waals surface area contributed by atoms with Gasteiger partial charge in [0, 0.05) is 41.3 Å². The molecule has 126 valence electrons. The fourth-order valence-electron chi connectivity index (χ4n) is 2.53. The molecule has 2 aromatic rings. The summed E-state index contributed by atoms with van der Waals surface area (Å²) in [6.45, 7) is 2.86. The molecule has 2 heterocycles. The second kappa shape index (κ2) is 7.93. The first-order valence-electron chi connectivity index (χ1n) is 7.60. The van der Waals surface area contributed by atoms with Gasteiger partial charge < -0.3 is 15.1 Å². The molecule has 1 aromatic heterocycles. The number of hydrogen-bond donors (Lipinski definition) is 1. The van der Waals surface area contributed by atoms with Crippen LogP contribution in [0.2, 0.25) is 0 Å². The van der Waals surface area contributed by atoms with Gasteiger partial charge in [-0.2, -0.15) is 0 Å². The zero-order valence-corrected chi connectivity index (χ0v) is 15.9. The van der Waals surface area contributed by atoms with Crippen molar-refractivity contribution in [3.05, 3.63) is 45.0 Å². The Bertz CT molecular complexity index is 715. The van der Waals surface area contributed by atoms with E-state index in [4.69, 9.17) is 0 Å². The Kier molecular flexibility index (Phi) is 5.67. The van der Waals surface area contributed by atoms with Crippen LogP contribution in [0.1, 0.15) is 10.4 Å². The SMILES string of the molecule is O=C(NCC(=O)N1CCN(c2nccs2)CC1)c1ccccc1I. The van der Waals surface area contributed by atoms with Gasteiger partial charge in [-0.15, -0.1) is 11.3 Å². The molecular formula is C16H17IN4O2S. The van der Waals surface area contributed by atoms with E-state index in [0.29, 0.717) is 18.7 Å². The summed E-state index contributed by atoms with van der Waals surface area (Å²) in [5.41, 5.74) is 0.597. The van der Waals surface area contributed by atoms with Crippen LogP contribution in [0.25, 0.3) is 0 Å². The molecule has 0 saturated carbocycles. The smallest absolute Gasteiger partial charge is 0.252 e. The molecule has 3 rings (SSSR count). The van der Waals surface area contributed by atoms with Crippen LogP contribution in [0.4, 0.5) is 5.13 Å². The molecule has 1 fully saturated rings. The van der Waals surface area contributed by atoms with Crippen molar-refractivity contribution in [3.8, 4) is 0 Å². The van der Waals surface area contributed by atoms with E-state index in [9.17, 15) is 9.59 Å². The number of carbonyl (C=O) groups excluding carboxylic acids is 2. The van der Waals surface area contributed by atoms with Crippen molar-refractivity contribution in [2.45, 2.75) is 0 Å². The first kappa shape index (κ1) is 17.2. The fourth-order valence-corrected chi connectivity index (χ4v) is 3.86. The second-order valence-corrected chi connectivity index (χ2v) is 7.38. The lowest BCUT2D eigenvalue weighted by Crippen LogP contribution is -2.51. The Morgan fingerprint density at radius 1 is 1.21 bits per heavy atom. The quantitative estimate of drug-likeness (QED) is 0.714. The highest BCUT2D eigenvalue weighted by Gasteiger charge is 2.22. The van der Waals surface area contributed by atoms with Gasteiger partial charge >= 0.3 is 0 Å². The summed E-state index contributed by atoms with van der Waals surface area (Å²) < 4.78 is 0.872. The molecule has 0 spiro atoms. The van der Waals surface area contributed by atoms with Gasteiger partial charge in [0.05, 0.1) is 12.1 Å². The van der Waals surface area contributed by atoms with Crippen LogP contribution in [0.5, 0.6) is 0 Å². The van der Waals surface area contributed by atoms with Crippen LogP contribution in [-0.2, 0) is 4.79 Å². The van der Waals surface area contributed by atoms with Gasteiger partial charge in [0.25, 0.3) is 5.91 Å². The minimum Gasteiger partial charge on any atom is -0.345 e. The number of nitrogens with zero attached hydrogens (tertiary/aromatic N) is 3. The maximum absolute atomic E-state index is 12.3. The number of amides is 2. The molecule has 1 aliphatic rings. The van der Waals surface area contributed by atoms with Crippen LogP contribution in [0, 0.1) is 3.57 Å². The van der Waals surface area contributed by atoms with Crippen LogP contribution < -0.4 is 10.2 Å². The Morgan fingerprint density at radius 2 is 1.96 bits per heavy atom. The summed E-state index contributed by atoms with van der Waals surface area (Å²) in [6, 6.07) is 7.33. The number of aromatic nitrogens is 1. The molecule has 8 heteroatoms. The second-order valence-electron chi connectivity index (χ2n) is 5.35. The van der Waals surface area contributed by atoms with Crippen molar-refractivity contribution < 1.29 is 9.59 Å². The molecule has 0 unspecified atom stereocenters. The first-order valence-corrected chi connectivity index (χ1v) is 9.56. The van der Waals surface area contributed by atoms with Crippen molar-refractivity contribution in [2.75, 3.05) is 37.6 Å². The Hall–Kier alpha value is -1.68. The highest BCUT2D eigenvalue weighted by molar-refractivity contribution is 14.1. The molecule has 1 N–H and O–H groups in total. The summed E-state index contributed by atoms with van der Waals surface area (Å²) in [6.07, 6.45) is 1.79. The summed E-state index contributed by atoms with van der Waals surface area (Å²) in [5, 5.41) is 5.66. The van der Waals surface area contributed by atoms with Crippen LogP contribution in [-0.4, -0.2) is 54.4 Å². The Labute approximate surface area is 158 Å². The third-order valence-electron chi connectivity index (χ3n) is 3.84. The third kappa shape index (κ3) is 4.04. The normalized spacial score (nSPS) is 14.5. The summed E-state index contributed by atoms with van der Waals surface area (Å²) in [5.74, 6) is -0.261. The number of anilines is 1. The number of halogens is 1. The van der Waals surface area contributed by atoms with Gasteiger partial charge in [-0.3, -0.25) is 9.59 Å². The van der Waals surface area contributed by atoms with Crippen molar-refractivity contribution in [2.24, 2.45) is 0 Å². The molecule has 6 nitrogen and oxygen atoms in total. The van der Waals surface area contributed by atoms with Gasteiger partial charge in [0.15, 0.2) is 5.13 Å². The maximum atomic E-state index is 12.3. The minimum atomic E-state index is -0.213. The number of rotatable bonds is 4. The number of piperazine rings is 1. The monoisotopic (exact) mass is 456 g/mol. The van der Waals surface area contributed by atoms with E-state index in [-0.39, 0.29) is 18.4 Å². The lowest BCUT2D eigenvalue weighted by Gasteiger charge is -2.34. The topological polar surface area (TPSA) is 65.5 Å². The average Bonchev–Trinajstić information content (AvgIpc) is 3.14. The minimum absolute atomic E-state index is 0.0288. The molecule has 1 aromatic carbocycles. The van der Waals surface area contributed by atoms with Crippen molar-refractivity contribution in [1.82, 2.24) is 15.2 Å². The molecule has 0 bridgehead atoms. The van der Waals surface area contributed by atoms with Gasteiger partial charge in [-0.05, 0) is 34.7 Å². The van der Waals surface area contributed by atoms with Crippen LogP contribution >= 0.6 is 33.9 Å². The predicted octanol–water partition coefficient (Wildman–Crippen LogP) is 1.83. The van der Waals surface area contributed by atoms with E-state index in [1.54, 1.807) is 28.5 Å². The lowest BCUT2D eigenvalue weighted by atomic mass is 10.2. The van der Waals surface area contributed by atoms with E-state index < -0.39 is 0 Å². The fraction of sp³-hybridized carbons (Fsp3) is 0.312. The summed E-state index contributed by atoms with van der Waals surface area (Å²) in [4.78, 5) is 32.7. The van der Waals surface area contributed by atoms with E-state index in [0.717, 1.165) is 21.8 Å². The number of carbonyl (C=O) groups is 2. The highest BCUT2D eigenvalue weighted by Crippen LogP contribution is 2.18. The van der Waals surface area contributed by atoms with E-state index in [1.807, 2.05) is 23.6 Å². The predicted molar refractivity (Wildman–Crippen MR) is 102 cm³/mol. The summed E-state index contributed by atoms with van der Waals surface area (Å²) in [7, 11) is 0. The van der Waals surface area contributed by atoms with Crippen LogP contribution in [0.15, 0.2) is 35.8 Å². The van der Waals surface area contributed by atoms with E-state index >= 15 is 0 Å². The highest BCUT2D eigenvalue weighted by atomic mass is 127. The zero-order valence-electron chi connectivity index (χ0n) is 12.9. The van der Waals surface area contributed by atoms with E-state index in [1.165, 1.54) is 0 Å². The van der Waals surface area contributed by atoms with Crippen LogP contribution in [0.3, 0.4) is 0 Å². The van der Waals surface area contributed by atoms with Gasteiger partial charge in [-0.1, -0.05) is 12.1 Å². The summed E-state index contributed by atoms with van der Waals surface area (Å²) >= 11 is 3.72. The van der Waals surface area contributed by atoms with Gasteiger partial charge in [-0.25, -0.2) is 4.98 Å². The number of nitrogens with one attached hydrogen (secondary N) is 1. The molecule has 2 amide bonds. The molecule has 0 atom stereocenters. The molecule has 0 aliphatic carbocycles. The first-order chi connectivity index (χ1) is 11.6. The third-order valence-corrected chi connectivity index (χ3v) is 5.61. The van der Waals surface area contributed by atoms with Crippen molar-refractivity contribution in [3.63, 3.8) is 0 Å². The van der Waals surface area contributed by atoms with Gasteiger partial charge in [0.1, 0.15) is 0 Å². The standard InChI is InChI=1S/C16H17IN4O2S/c17-13-4-2-1-3-12(13)15(23)19-11-14(22)20-6-8-21(9-7-20)16-18-5-10-24-16/h1-5,10H,6-9,11H2,(H,19,23). The molecule has 24 heavy (non-hydrogen) atoms. The largest absolute Gasteiger partial charge is 0.345 e. The van der Waals surface area contributed by atoms with E-state index in [2.05, 4.69) is 37.8 Å². The molecule has 1 aliphatic heterocycles. The Morgan fingerprint density at radius 3 is 2.62 bits per heavy atom. The molecule has 1 saturated heterocycles. The average molecular weight is 456 g/mol. The number of thiazole rings is 1. The Balaban J connectivity index is 1.48. The van der Waals surface area contributed by atoms with Crippen molar-refractivity contribution in [1.29, 1.82) is 0 Å². The number of benzene rings is 1. The maximum Gasteiger partial charge on any atom is 0.252 e. The zero-order chi connectivity index (χ0) is 16.9. The van der Waals surface area contributed by atoms with Gasteiger partial charge in [0.2, 0.25) is 5.91 Å². The lowest BCUT2D eigenvalue weighted by molar-refractivity contribution is -0.130. The molecular weight excluding hydrogens is 439 g/mol. The number of hydrogen-bond acceptors (Lipinski definition) is 5. The van der Waals surface area contributed by atoms with Crippen molar-refractivity contribution >= 4 is 50.9 Å². The molecule has 0 radical (unpaired) electrons.